The van der Waals surface area contributed by atoms with E-state index in [4.69, 9.17) is 21.1 Å². The van der Waals surface area contributed by atoms with Crippen molar-refractivity contribution in [2.45, 2.75) is 108 Å². The highest BCUT2D eigenvalue weighted by Crippen LogP contribution is 2.18. The zero-order valence-electron chi connectivity index (χ0n) is 17.5. The van der Waals surface area contributed by atoms with E-state index in [1.165, 1.54) is 12.8 Å². The van der Waals surface area contributed by atoms with Crippen LogP contribution < -0.4 is 5.73 Å². The van der Waals surface area contributed by atoms with Crippen molar-refractivity contribution in [1.29, 1.82) is 0 Å². The fraction of sp³-hybridized carbons (Fsp3) is 0.810. The number of aliphatic carboxylic acids is 1. The molecule has 0 saturated carbocycles. The zero-order valence-corrected chi connectivity index (χ0v) is 17.5. The number of carbonyl (C=O) groups is 2. The lowest BCUT2D eigenvalue weighted by Gasteiger charge is -2.33. The van der Waals surface area contributed by atoms with Crippen LogP contribution in [0.1, 0.15) is 84.0 Å². The molecule has 3 unspecified atom stereocenters. The summed E-state index contributed by atoms with van der Waals surface area (Å²) in [4.78, 5) is 22.8. The van der Waals surface area contributed by atoms with Gasteiger partial charge in [-0.05, 0) is 32.1 Å². The fourth-order valence-electron chi connectivity index (χ4n) is 3.00. The van der Waals surface area contributed by atoms with Gasteiger partial charge in [0.1, 0.15) is 11.9 Å². The van der Waals surface area contributed by atoms with E-state index in [-0.39, 0.29) is 6.42 Å². The standard InChI is InChI=1S/C21H39NO7/c1-2-3-4-10-13-16(23)14-11-8-6-5-7-9-12-15-17(24)18(25)21(22,19(26)27)20(28)29/h9,12,17-19,24-27H,2-8,10-11,13-15,22H2,1H3,(H,28,29)/b12-9+. The summed E-state index contributed by atoms with van der Waals surface area (Å²) in [7, 11) is 0. The molecule has 0 fully saturated rings. The van der Waals surface area contributed by atoms with Gasteiger partial charge in [-0.15, -0.1) is 0 Å². The molecule has 0 aromatic carbocycles. The predicted octanol–water partition coefficient (Wildman–Crippen LogP) is 1.63. The number of hydrogen-bond donors (Lipinski definition) is 6. The van der Waals surface area contributed by atoms with Crippen LogP contribution in [-0.4, -0.2) is 61.3 Å². The number of Topliss-reactive ketones (excluding diaryl/α,β-unsaturated/α-hetero) is 1. The van der Waals surface area contributed by atoms with Crippen LogP contribution in [0, 0.1) is 0 Å². The van der Waals surface area contributed by atoms with Gasteiger partial charge < -0.3 is 31.3 Å². The molecule has 0 spiro atoms. The Bertz CT molecular complexity index is 495. The van der Waals surface area contributed by atoms with Gasteiger partial charge in [-0.1, -0.05) is 51.2 Å². The number of carboxylic acids is 1. The number of hydrogen-bond acceptors (Lipinski definition) is 7. The van der Waals surface area contributed by atoms with Gasteiger partial charge in [0, 0.05) is 12.8 Å². The van der Waals surface area contributed by atoms with E-state index in [1.807, 2.05) is 6.08 Å². The highest BCUT2D eigenvalue weighted by Gasteiger charge is 2.50. The molecule has 7 N–H and O–H groups in total. The molecule has 0 heterocycles. The number of allylic oxidation sites excluding steroid dienone is 1. The second-order valence-electron chi connectivity index (χ2n) is 7.63. The molecule has 0 bridgehead atoms. The van der Waals surface area contributed by atoms with Crippen LogP contribution in [0.3, 0.4) is 0 Å². The third kappa shape index (κ3) is 10.9. The van der Waals surface area contributed by atoms with E-state index in [0.717, 1.165) is 44.9 Å². The Hall–Kier alpha value is -1.32. The summed E-state index contributed by atoms with van der Waals surface area (Å²) >= 11 is 0. The van der Waals surface area contributed by atoms with E-state index in [0.29, 0.717) is 18.6 Å². The summed E-state index contributed by atoms with van der Waals surface area (Å²) in [6.07, 6.45) is 7.61. The first-order valence-electron chi connectivity index (χ1n) is 10.6. The van der Waals surface area contributed by atoms with Crippen LogP contribution in [0.2, 0.25) is 0 Å². The maximum Gasteiger partial charge on any atom is 0.331 e. The smallest absolute Gasteiger partial charge is 0.331 e. The van der Waals surface area contributed by atoms with Crippen molar-refractivity contribution in [1.82, 2.24) is 0 Å². The van der Waals surface area contributed by atoms with E-state index >= 15 is 0 Å². The lowest BCUT2D eigenvalue weighted by atomic mass is 9.88. The first-order chi connectivity index (χ1) is 13.7. The van der Waals surface area contributed by atoms with Gasteiger partial charge in [0.25, 0.3) is 0 Å². The third-order valence-electron chi connectivity index (χ3n) is 5.08. The summed E-state index contributed by atoms with van der Waals surface area (Å²) < 4.78 is 0. The molecule has 0 rings (SSSR count). The lowest BCUT2D eigenvalue weighted by Crippen LogP contribution is -2.67. The molecule has 0 aromatic rings. The molecule has 0 aliphatic carbocycles. The largest absolute Gasteiger partial charge is 0.480 e. The number of carboxylic acid groups (broad SMARTS) is 1. The number of aliphatic hydroxyl groups is 4. The minimum absolute atomic E-state index is 0.0628. The molecule has 170 valence electrons. The SMILES string of the molecule is CCCCCCC(=O)CCCCCC/C=C/CC(O)C(O)C(N)(C(=O)O)C(O)O. The highest BCUT2D eigenvalue weighted by atomic mass is 16.5. The van der Waals surface area contributed by atoms with Crippen molar-refractivity contribution < 1.29 is 35.1 Å². The number of ketones is 1. The van der Waals surface area contributed by atoms with E-state index in [2.05, 4.69) is 6.92 Å². The molecule has 0 aliphatic rings. The molecule has 0 aromatic heterocycles. The Morgan fingerprint density at radius 2 is 1.45 bits per heavy atom. The van der Waals surface area contributed by atoms with E-state index in [1.54, 1.807) is 6.08 Å². The molecule has 8 heteroatoms. The molecular formula is C21H39NO7. The molecule has 0 saturated heterocycles. The topological polar surface area (TPSA) is 161 Å². The van der Waals surface area contributed by atoms with Crippen LogP contribution in [0.5, 0.6) is 0 Å². The number of unbranched alkanes of at least 4 members (excludes halogenated alkanes) is 7. The molecule has 29 heavy (non-hydrogen) atoms. The molecular weight excluding hydrogens is 378 g/mol. The number of aliphatic hydroxyl groups excluding tert-OH is 3. The maximum atomic E-state index is 11.7. The van der Waals surface area contributed by atoms with Crippen molar-refractivity contribution in [3.8, 4) is 0 Å². The van der Waals surface area contributed by atoms with Gasteiger partial charge in [-0.3, -0.25) is 4.79 Å². The third-order valence-corrected chi connectivity index (χ3v) is 5.08. The second-order valence-corrected chi connectivity index (χ2v) is 7.63. The average molecular weight is 418 g/mol. The molecule has 3 atom stereocenters. The first kappa shape index (κ1) is 27.7. The van der Waals surface area contributed by atoms with E-state index in [9.17, 15) is 19.8 Å². The van der Waals surface area contributed by atoms with Crippen molar-refractivity contribution in [2.24, 2.45) is 5.73 Å². The van der Waals surface area contributed by atoms with Crippen LogP contribution in [0.25, 0.3) is 0 Å². The quantitative estimate of drug-likeness (QED) is 0.111. The lowest BCUT2D eigenvalue weighted by molar-refractivity contribution is -0.185. The highest BCUT2D eigenvalue weighted by molar-refractivity contribution is 5.80. The Kier molecular flexibility index (Phi) is 14.8. The van der Waals surface area contributed by atoms with Crippen molar-refractivity contribution >= 4 is 11.8 Å². The summed E-state index contributed by atoms with van der Waals surface area (Å²) in [6, 6.07) is 0. The number of nitrogens with two attached hydrogens (primary N) is 1. The maximum absolute atomic E-state index is 11.7. The minimum atomic E-state index is -2.76. The summed E-state index contributed by atoms with van der Waals surface area (Å²) in [5.41, 5.74) is 2.57. The van der Waals surface area contributed by atoms with Crippen molar-refractivity contribution in [2.75, 3.05) is 0 Å². The van der Waals surface area contributed by atoms with Gasteiger partial charge in [-0.25, -0.2) is 4.79 Å². The Morgan fingerprint density at radius 1 is 0.897 bits per heavy atom. The predicted molar refractivity (Wildman–Crippen MR) is 110 cm³/mol. The van der Waals surface area contributed by atoms with Crippen molar-refractivity contribution in [3.63, 3.8) is 0 Å². The van der Waals surface area contributed by atoms with Crippen LogP contribution in [-0.2, 0) is 9.59 Å². The van der Waals surface area contributed by atoms with Gasteiger partial charge in [0.15, 0.2) is 11.8 Å². The fourth-order valence-corrected chi connectivity index (χ4v) is 3.00. The van der Waals surface area contributed by atoms with Gasteiger partial charge in [0.2, 0.25) is 0 Å². The van der Waals surface area contributed by atoms with Crippen molar-refractivity contribution in [3.05, 3.63) is 12.2 Å². The number of carbonyl (C=O) groups excluding carboxylic acids is 1. The van der Waals surface area contributed by atoms with E-state index < -0.39 is 30.0 Å². The number of rotatable bonds is 18. The Balaban J connectivity index is 3.91. The summed E-state index contributed by atoms with van der Waals surface area (Å²) in [5, 5.41) is 46.9. The van der Waals surface area contributed by atoms with Gasteiger partial charge in [0.05, 0.1) is 6.10 Å². The molecule has 0 radical (unpaired) electrons. The molecule has 0 aliphatic heterocycles. The Morgan fingerprint density at radius 3 is 1.97 bits per heavy atom. The molecule has 0 amide bonds. The first-order valence-corrected chi connectivity index (χ1v) is 10.6. The van der Waals surface area contributed by atoms with Gasteiger partial charge >= 0.3 is 5.97 Å². The average Bonchev–Trinajstić information content (AvgIpc) is 2.68. The van der Waals surface area contributed by atoms with Crippen LogP contribution in [0.4, 0.5) is 0 Å². The van der Waals surface area contributed by atoms with Crippen LogP contribution in [0.15, 0.2) is 12.2 Å². The monoisotopic (exact) mass is 417 g/mol. The Labute approximate surface area is 173 Å². The molecule has 8 nitrogen and oxygen atoms in total. The second kappa shape index (κ2) is 15.5. The van der Waals surface area contributed by atoms with Gasteiger partial charge in [-0.2, -0.15) is 0 Å². The normalized spacial score (nSPS) is 16.1. The van der Waals surface area contributed by atoms with Crippen LogP contribution >= 0.6 is 0 Å². The summed E-state index contributed by atoms with van der Waals surface area (Å²) in [6.45, 7) is 2.15. The zero-order chi connectivity index (χ0) is 22.3. The summed E-state index contributed by atoms with van der Waals surface area (Å²) in [5.74, 6) is -1.47. The minimum Gasteiger partial charge on any atom is -0.480 e.